The van der Waals surface area contributed by atoms with Gasteiger partial charge in [0.15, 0.2) is 11.5 Å². The maximum Gasteiger partial charge on any atom is 0.175 e. The van der Waals surface area contributed by atoms with Gasteiger partial charge in [0.25, 0.3) is 0 Å². The highest BCUT2D eigenvalue weighted by molar-refractivity contribution is 9.10. The number of halogens is 3. The van der Waals surface area contributed by atoms with Gasteiger partial charge in [0.2, 0.25) is 0 Å². The van der Waals surface area contributed by atoms with E-state index >= 15 is 0 Å². The predicted octanol–water partition coefficient (Wildman–Crippen LogP) is 4.36. The predicted molar refractivity (Wildman–Crippen MR) is 76.0 cm³/mol. The van der Waals surface area contributed by atoms with E-state index in [1.165, 1.54) is 5.54 Å². The van der Waals surface area contributed by atoms with Crippen LogP contribution < -0.4 is 9.47 Å². The van der Waals surface area contributed by atoms with Crippen LogP contribution in [0.4, 0.5) is 0 Å². The number of ether oxygens (including phenoxy) is 2. The molecule has 0 saturated carbocycles. The standard InChI is InChI=1S/C12H11BrCl2O3/c1-2-17-11-4-8(6-16)3-10(13)12(11)18-7-9(15)5-14/h3-6H,2,7H2,1H3. The minimum absolute atomic E-state index is 0.129. The lowest BCUT2D eigenvalue weighted by atomic mass is 10.2. The van der Waals surface area contributed by atoms with Crippen LogP contribution in [0.1, 0.15) is 17.3 Å². The highest BCUT2D eigenvalue weighted by Crippen LogP contribution is 2.37. The maximum atomic E-state index is 10.8. The summed E-state index contributed by atoms with van der Waals surface area (Å²) < 4.78 is 11.5. The third-order valence-corrected chi connectivity index (χ3v) is 3.12. The average molecular weight is 354 g/mol. The summed E-state index contributed by atoms with van der Waals surface area (Å²) in [6.45, 7) is 2.44. The Hall–Kier alpha value is -0.710. The third kappa shape index (κ3) is 4.19. The Morgan fingerprint density at radius 2 is 2.17 bits per heavy atom. The van der Waals surface area contributed by atoms with Crippen molar-refractivity contribution in [2.45, 2.75) is 6.92 Å². The van der Waals surface area contributed by atoms with Gasteiger partial charge in [-0.05, 0) is 35.0 Å². The summed E-state index contributed by atoms with van der Waals surface area (Å²) >= 11 is 14.5. The van der Waals surface area contributed by atoms with E-state index in [0.29, 0.717) is 33.2 Å². The molecule has 0 fully saturated rings. The molecule has 0 radical (unpaired) electrons. The summed E-state index contributed by atoms with van der Waals surface area (Å²) in [6, 6.07) is 3.25. The van der Waals surface area contributed by atoms with Crippen molar-refractivity contribution in [3.63, 3.8) is 0 Å². The zero-order chi connectivity index (χ0) is 13.5. The SMILES string of the molecule is CCOc1cc(C=O)cc(Br)c1OCC(Cl)=CCl. The molecule has 0 aliphatic heterocycles. The first-order valence-electron chi connectivity index (χ1n) is 5.11. The van der Waals surface area contributed by atoms with Crippen molar-refractivity contribution in [3.8, 4) is 11.5 Å². The normalized spacial score (nSPS) is 11.2. The number of carbonyl (C=O) groups excluding carboxylic acids is 1. The molecular weight excluding hydrogens is 343 g/mol. The van der Waals surface area contributed by atoms with Gasteiger partial charge >= 0.3 is 0 Å². The molecule has 3 nitrogen and oxygen atoms in total. The molecular formula is C12H11BrCl2O3. The van der Waals surface area contributed by atoms with E-state index in [9.17, 15) is 4.79 Å². The van der Waals surface area contributed by atoms with E-state index in [-0.39, 0.29) is 6.61 Å². The second-order valence-electron chi connectivity index (χ2n) is 3.23. The first kappa shape index (κ1) is 15.3. The Kier molecular flexibility index (Phi) is 6.54. The molecule has 6 heteroatoms. The lowest BCUT2D eigenvalue weighted by Gasteiger charge is -2.13. The van der Waals surface area contributed by atoms with Gasteiger partial charge in [0.1, 0.15) is 12.9 Å². The van der Waals surface area contributed by atoms with E-state index in [4.69, 9.17) is 32.7 Å². The fourth-order valence-electron chi connectivity index (χ4n) is 1.23. The van der Waals surface area contributed by atoms with Crippen LogP contribution in [-0.4, -0.2) is 19.5 Å². The number of carbonyl (C=O) groups is 1. The van der Waals surface area contributed by atoms with Crippen LogP contribution in [0.2, 0.25) is 0 Å². The lowest BCUT2D eigenvalue weighted by molar-refractivity contribution is 0.112. The smallest absolute Gasteiger partial charge is 0.175 e. The topological polar surface area (TPSA) is 35.5 Å². The van der Waals surface area contributed by atoms with E-state index in [1.54, 1.807) is 12.1 Å². The number of hydrogen-bond donors (Lipinski definition) is 0. The molecule has 1 rings (SSSR count). The third-order valence-electron chi connectivity index (χ3n) is 1.94. The first-order chi connectivity index (χ1) is 8.62. The molecule has 0 N–H and O–H groups in total. The molecule has 1 aromatic carbocycles. The Labute approximate surface area is 124 Å². The van der Waals surface area contributed by atoms with Crippen LogP contribution in [-0.2, 0) is 0 Å². The van der Waals surface area contributed by atoms with Crippen molar-refractivity contribution in [2.75, 3.05) is 13.2 Å². The Bertz CT molecular complexity index is 461. The largest absolute Gasteiger partial charge is 0.490 e. The molecule has 98 valence electrons. The van der Waals surface area contributed by atoms with E-state index in [2.05, 4.69) is 15.9 Å². The van der Waals surface area contributed by atoms with Crippen molar-refractivity contribution in [1.82, 2.24) is 0 Å². The van der Waals surface area contributed by atoms with Crippen molar-refractivity contribution in [1.29, 1.82) is 0 Å². The Morgan fingerprint density at radius 3 is 2.72 bits per heavy atom. The van der Waals surface area contributed by atoms with Gasteiger partial charge < -0.3 is 9.47 Å². The Balaban J connectivity index is 3.03. The van der Waals surface area contributed by atoms with Crippen LogP contribution in [0.25, 0.3) is 0 Å². The van der Waals surface area contributed by atoms with E-state index in [0.717, 1.165) is 6.29 Å². The van der Waals surface area contributed by atoms with Gasteiger partial charge in [-0.1, -0.05) is 23.2 Å². The number of hydrogen-bond acceptors (Lipinski definition) is 3. The zero-order valence-electron chi connectivity index (χ0n) is 9.58. The fourth-order valence-corrected chi connectivity index (χ4v) is 1.92. The van der Waals surface area contributed by atoms with Crippen LogP contribution in [0.15, 0.2) is 27.2 Å². The maximum absolute atomic E-state index is 10.8. The minimum atomic E-state index is 0.129. The van der Waals surface area contributed by atoms with Crippen molar-refractivity contribution < 1.29 is 14.3 Å². The molecule has 0 amide bonds. The molecule has 0 atom stereocenters. The second kappa shape index (κ2) is 7.67. The first-order valence-corrected chi connectivity index (χ1v) is 6.72. The number of rotatable bonds is 6. The summed E-state index contributed by atoms with van der Waals surface area (Å²) in [5.74, 6) is 0.965. The second-order valence-corrected chi connectivity index (χ2v) is 4.78. The molecule has 0 aliphatic rings. The van der Waals surface area contributed by atoms with E-state index in [1.807, 2.05) is 6.92 Å². The average Bonchev–Trinajstić information content (AvgIpc) is 2.37. The quantitative estimate of drug-likeness (QED) is 0.713. The van der Waals surface area contributed by atoms with Crippen LogP contribution in [0, 0.1) is 0 Å². The molecule has 0 aromatic heterocycles. The number of aldehydes is 1. The molecule has 0 heterocycles. The van der Waals surface area contributed by atoms with Crippen LogP contribution in [0.3, 0.4) is 0 Å². The molecule has 0 saturated heterocycles. The van der Waals surface area contributed by atoms with Crippen LogP contribution in [0.5, 0.6) is 11.5 Å². The fraction of sp³-hybridized carbons (Fsp3) is 0.250. The summed E-state index contributed by atoms with van der Waals surface area (Å²) in [4.78, 5) is 10.8. The highest BCUT2D eigenvalue weighted by Gasteiger charge is 2.12. The summed E-state index contributed by atoms with van der Waals surface area (Å²) in [5.41, 5.74) is 1.73. The molecule has 1 aromatic rings. The van der Waals surface area contributed by atoms with E-state index < -0.39 is 0 Å². The molecule has 0 spiro atoms. The van der Waals surface area contributed by atoms with Crippen LogP contribution >= 0.6 is 39.1 Å². The van der Waals surface area contributed by atoms with Gasteiger partial charge in [-0.3, -0.25) is 4.79 Å². The molecule has 18 heavy (non-hydrogen) atoms. The molecule has 0 bridgehead atoms. The molecule has 0 unspecified atom stereocenters. The minimum Gasteiger partial charge on any atom is -0.490 e. The van der Waals surface area contributed by atoms with Gasteiger partial charge in [0, 0.05) is 11.1 Å². The molecule has 0 aliphatic carbocycles. The summed E-state index contributed by atoms with van der Waals surface area (Å²) in [5, 5.41) is 0.366. The lowest BCUT2D eigenvalue weighted by Crippen LogP contribution is -2.02. The van der Waals surface area contributed by atoms with Gasteiger partial charge in [-0.2, -0.15) is 0 Å². The van der Waals surface area contributed by atoms with Gasteiger partial charge in [-0.25, -0.2) is 0 Å². The summed E-state index contributed by atoms with van der Waals surface area (Å²) in [7, 11) is 0. The van der Waals surface area contributed by atoms with Gasteiger partial charge in [-0.15, -0.1) is 0 Å². The van der Waals surface area contributed by atoms with Crippen molar-refractivity contribution >= 4 is 45.4 Å². The van der Waals surface area contributed by atoms with Gasteiger partial charge in [0.05, 0.1) is 16.1 Å². The number of benzene rings is 1. The van der Waals surface area contributed by atoms with Crippen molar-refractivity contribution in [3.05, 3.63) is 32.7 Å². The van der Waals surface area contributed by atoms with Crippen molar-refractivity contribution in [2.24, 2.45) is 0 Å². The Morgan fingerprint density at radius 1 is 1.44 bits per heavy atom. The summed E-state index contributed by atoms with van der Waals surface area (Å²) in [6.07, 6.45) is 0.739. The highest BCUT2D eigenvalue weighted by atomic mass is 79.9. The zero-order valence-corrected chi connectivity index (χ0v) is 12.7. The monoisotopic (exact) mass is 352 g/mol.